The van der Waals surface area contributed by atoms with Gasteiger partial charge in [0, 0.05) is 30.8 Å². The molecule has 0 aliphatic carbocycles. The number of rotatable bonds is 16. The van der Waals surface area contributed by atoms with Crippen LogP contribution in [-0.4, -0.2) is 61.9 Å². The Morgan fingerprint density at radius 1 is 0.744 bits per heavy atom. The summed E-state index contributed by atoms with van der Waals surface area (Å²) in [5.74, 6) is -1.31. The molecular weight excluding hydrogens is 554 g/mol. The summed E-state index contributed by atoms with van der Waals surface area (Å²) >= 11 is 0. The highest BCUT2D eigenvalue weighted by molar-refractivity contribution is 6.38. The lowest BCUT2D eigenvalue weighted by molar-refractivity contribution is -0.140. The van der Waals surface area contributed by atoms with E-state index in [1.165, 1.54) is 14.2 Å². The molecule has 0 fully saturated rings. The highest BCUT2D eigenvalue weighted by Gasteiger charge is 2.29. The molecule has 0 aliphatic heterocycles. The van der Waals surface area contributed by atoms with Crippen LogP contribution < -0.4 is 36.1 Å². The first-order chi connectivity index (χ1) is 20.5. The van der Waals surface area contributed by atoms with Gasteiger partial charge in [0.1, 0.15) is 17.5 Å². The molecule has 1 unspecified atom stereocenters. The molecule has 12 heteroatoms. The predicted octanol–water partition coefficient (Wildman–Crippen LogP) is 2.59. The lowest BCUT2D eigenvalue weighted by atomic mass is 10.1. The zero-order valence-corrected chi connectivity index (χ0v) is 25.7. The van der Waals surface area contributed by atoms with Crippen LogP contribution in [0.4, 0.5) is 4.79 Å². The van der Waals surface area contributed by atoms with Crippen molar-refractivity contribution in [2.24, 2.45) is 0 Å². The highest BCUT2D eigenvalue weighted by Crippen LogP contribution is 2.22. The van der Waals surface area contributed by atoms with Crippen LogP contribution >= 0.6 is 0 Å². The number of amides is 5. The maximum atomic E-state index is 13.0. The van der Waals surface area contributed by atoms with E-state index >= 15 is 0 Å². The monoisotopic (exact) mass is 597 g/mol. The molecule has 2 rings (SSSR count). The summed E-state index contributed by atoms with van der Waals surface area (Å²) in [5, 5.41) is 13.3. The molecule has 2 atom stereocenters. The second-order valence-electron chi connectivity index (χ2n) is 10.2. The third-order valence-electron chi connectivity index (χ3n) is 6.42. The van der Waals surface area contributed by atoms with Crippen LogP contribution in [0.5, 0.6) is 11.5 Å². The minimum atomic E-state index is -1.07. The molecule has 43 heavy (non-hydrogen) atoms. The molecule has 0 saturated heterocycles. The molecule has 5 amide bonds. The van der Waals surface area contributed by atoms with Gasteiger partial charge in [0.25, 0.3) is 11.8 Å². The van der Waals surface area contributed by atoms with Crippen LogP contribution in [0, 0.1) is 0 Å². The maximum absolute atomic E-state index is 13.0. The van der Waals surface area contributed by atoms with Gasteiger partial charge < -0.3 is 36.1 Å². The Hall–Kier alpha value is -4.61. The van der Waals surface area contributed by atoms with E-state index in [4.69, 9.17) is 9.47 Å². The second kappa shape index (κ2) is 17.4. The molecule has 0 spiro atoms. The Labute approximate surface area is 252 Å². The second-order valence-corrected chi connectivity index (χ2v) is 10.2. The molecule has 2 aromatic rings. The first-order valence-electron chi connectivity index (χ1n) is 14.3. The fourth-order valence-electron chi connectivity index (χ4n) is 4.09. The molecule has 0 bridgehead atoms. The molecule has 2 aromatic carbocycles. The Morgan fingerprint density at radius 2 is 1.35 bits per heavy atom. The number of urea groups is 1. The van der Waals surface area contributed by atoms with E-state index in [2.05, 4.69) is 26.6 Å². The average Bonchev–Trinajstić information content (AvgIpc) is 3.00. The van der Waals surface area contributed by atoms with Crippen molar-refractivity contribution >= 4 is 29.5 Å². The van der Waals surface area contributed by atoms with Crippen LogP contribution in [0.3, 0.4) is 0 Å². The number of hydrogen-bond donors (Lipinski definition) is 5. The van der Waals surface area contributed by atoms with Crippen molar-refractivity contribution in [3.63, 3.8) is 0 Å². The standard InChI is InChI=1S/C31H43N5O7/c1-7-9-26(36-31(41)33-17-20-10-12-22(13-11-20)28(38)34-19(3)4)29(39)35-25(8-2)27(37)30(40)32-18-21-14-23(42-5)16-24(15-21)43-6/h10-16,19,25-26H,7-9,17-18H2,1-6H3,(H,32,40)(H,34,38)(H,35,39)(H2,33,36,41)/t25?,26-/m0/s1. The third-order valence-corrected chi connectivity index (χ3v) is 6.42. The number of carbonyl (C=O) groups is 5. The molecule has 0 aliphatic rings. The van der Waals surface area contributed by atoms with Gasteiger partial charge in [-0.25, -0.2) is 4.79 Å². The summed E-state index contributed by atoms with van der Waals surface area (Å²) in [6.07, 6.45) is 1.10. The zero-order valence-electron chi connectivity index (χ0n) is 25.7. The zero-order chi connectivity index (χ0) is 31.9. The molecular formula is C31H43N5O7. The first kappa shape index (κ1) is 34.6. The SMILES string of the molecule is CCC[C@H](NC(=O)NCc1ccc(C(=O)NC(C)C)cc1)C(=O)NC(CC)C(=O)C(=O)NCc1cc(OC)cc(OC)c1. The summed E-state index contributed by atoms with van der Waals surface area (Å²) in [4.78, 5) is 63.2. The van der Waals surface area contributed by atoms with Gasteiger partial charge in [-0.1, -0.05) is 32.4 Å². The van der Waals surface area contributed by atoms with Gasteiger partial charge in [0.15, 0.2) is 0 Å². The smallest absolute Gasteiger partial charge is 0.315 e. The molecule has 0 saturated carbocycles. The van der Waals surface area contributed by atoms with E-state index in [0.29, 0.717) is 35.5 Å². The first-order valence-corrected chi connectivity index (χ1v) is 14.3. The van der Waals surface area contributed by atoms with Crippen LogP contribution in [-0.2, 0) is 27.5 Å². The van der Waals surface area contributed by atoms with Gasteiger partial charge in [-0.3, -0.25) is 19.2 Å². The molecule has 0 heterocycles. The maximum Gasteiger partial charge on any atom is 0.315 e. The van der Waals surface area contributed by atoms with Gasteiger partial charge in [-0.05, 0) is 62.1 Å². The van der Waals surface area contributed by atoms with Crippen molar-refractivity contribution in [3.05, 3.63) is 59.2 Å². The minimum Gasteiger partial charge on any atom is -0.497 e. The van der Waals surface area contributed by atoms with Crippen LogP contribution in [0.15, 0.2) is 42.5 Å². The van der Waals surface area contributed by atoms with Gasteiger partial charge in [0.05, 0.1) is 20.3 Å². The molecule has 234 valence electrons. The Balaban J connectivity index is 1.92. The third kappa shape index (κ3) is 11.3. The van der Waals surface area contributed by atoms with Crippen LogP contribution in [0.25, 0.3) is 0 Å². The van der Waals surface area contributed by atoms with E-state index in [-0.39, 0.29) is 31.5 Å². The van der Waals surface area contributed by atoms with Crippen molar-refractivity contribution in [2.75, 3.05) is 14.2 Å². The minimum absolute atomic E-state index is 0.0171. The Morgan fingerprint density at radius 3 is 1.88 bits per heavy atom. The number of methoxy groups -OCH3 is 2. The fourth-order valence-corrected chi connectivity index (χ4v) is 4.09. The highest BCUT2D eigenvalue weighted by atomic mass is 16.5. The number of benzene rings is 2. The van der Waals surface area contributed by atoms with Crippen molar-refractivity contribution in [3.8, 4) is 11.5 Å². The Bertz CT molecular complexity index is 1240. The average molecular weight is 598 g/mol. The van der Waals surface area contributed by atoms with Gasteiger partial charge in [0.2, 0.25) is 11.7 Å². The number of carbonyl (C=O) groups excluding carboxylic acids is 5. The van der Waals surface area contributed by atoms with E-state index in [9.17, 15) is 24.0 Å². The van der Waals surface area contributed by atoms with Crippen LogP contribution in [0.1, 0.15) is 68.4 Å². The predicted molar refractivity (Wildman–Crippen MR) is 162 cm³/mol. The number of hydrogen-bond acceptors (Lipinski definition) is 7. The van der Waals surface area contributed by atoms with Gasteiger partial charge in [-0.15, -0.1) is 0 Å². The van der Waals surface area contributed by atoms with Crippen molar-refractivity contribution in [1.29, 1.82) is 0 Å². The van der Waals surface area contributed by atoms with Crippen molar-refractivity contribution in [1.82, 2.24) is 26.6 Å². The summed E-state index contributed by atoms with van der Waals surface area (Å²) in [7, 11) is 3.02. The normalized spacial score (nSPS) is 12.0. The summed E-state index contributed by atoms with van der Waals surface area (Å²) in [6, 6.07) is 9.39. The molecule has 0 radical (unpaired) electrons. The van der Waals surface area contributed by atoms with Gasteiger partial charge >= 0.3 is 6.03 Å². The van der Waals surface area contributed by atoms with Crippen molar-refractivity contribution in [2.45, 2.75) is 78.2 Å². The quantitative estimate of drug-likeness (QED) is 0.186. The van der Waals surface area contributed by atoms with Crippen molar-refractivity contribution < 1.29 is 33.4 Å². The number of Topliss-reactive ketones (excluding diaryl/α,β-unsaturated/α-hetero) is 1. The fraction of sp³-hybridized carbons (Fsp3) is 0.452. The van der Waals surface area contributed by atoms with Crippen LogP contribution in [0.2, 0.25) is 0 Å². The van der Waals surface area contributed by atoms with Gasteiger partial charge in [-0.2, -0.15) is 0 Å². The molecule has 12 nitrogen and oxygen atoms in total. The summed E-state index contributed by atoms with van der Waals surface area (Å²) in [6.45, 7) is 7.52. The molecule has 0 aromatic heterocycles. The largest absolute Gasteiger partial charge is 0.497 e. The van der Waals surface area contributed by atoms with E-state index in [0.717, 1.165) is 5.56 Å². The number of ether oxygens (including phenoxy) is 2. The van der Waals surface area contributed by atoms with E-state index < -0.39 is 35.7 Å². The Kier molecular flexibility index (Phi) is 14.0. The topological polar surface area (TPSA) is 164 Å². The molecule has 5 N–H and O–H groups in total. The summed E-state index contributed by atoms with van der Waals surface area (Å²) < 4.78 is 10.5. The number of ketones is 1. The lowest BCUT2D eigenvalue weighted by Crippen LogP contribution is -2.54. The van der Waals surface area contributed by atoms with E-state index in [1.807, 2.05) is 20.8 Å². The van der Waals surface area contributed by atoms with E-state index in [1.54, 1.807) is 49.4 Å². The summed E-state index contributed by atoms with van der Waals surface area (Å²) in [5.41, 5.74) is 1.94. The number of nitrogens with one attached hydrogen (secondary N) is 5. The lowest BCUT2D eigenvalue weighted by Gasteiger charge is -2.22.